The molecular formula is C28H37N5O3. The van der Waals surface area contributed by atoms with Crippen molar-refractivity contribution >= 4 is 11.7 Å². The first-order chi connectivity index (χ1) is 17.6. The molecule has 2 aromatic rings. The summed E-state index contributed by atoms with van der Waals surface area (Å²) < 4.78 is 11.2. The van der Waals surface area contributed by atoms with Gasteiger partial charge in [0.2, 0.25) is 0 Å². The fraction of sp³-hybridized carbons (Fsp3) is 0.607. The molecule has 1 aromatic heterocycles. The van der Waals surface area contributed by atoms with Crippen LogP contribution in [0.15, 0.2) is 30.6 Å². The Labute approximate surface area is 213 Å². The molecule has 1 N–H and O–H groups in total. The van der Waals surface area contributed by atoms with E-state index in [0.717, 1.165) is 63.4 Å². The van der Waals surface area contributed by atoms with E-state index < -0.39 is 0 Å². The van der Waals surface area contributed by atoms with Crippen molar-refractivity contribution in [1.82, 2.24) is 20.2 Å². The van der Waals surface area contributed by atoms with Gasteiger partial charge < -0.3 is 24.6 Å². The normalized spacial score (nSPS) is 25.6. The number of nitrogens with one attached hydrogen (secondary N) is 1. The zero-order valence-electron chi connectivity index (χ0n) is 21.4. The maximum Gasteiger partial charge on any atom is 0.272 e. The van der Waals surface area contributed by atoms with Gasteiger partial charge in [-0.05, 0) is 50.2 Å². The number of ether oxygens (including phenoxy) is 2. The van der Waals surface area contributed by atoms with Crippen LogP contribution in [-0.2, 0) is 21.4 Å². The lowest BCUT2D eigenvalue weighted by Gasteiger charge is -2.38. The van der Waals surface area contributed by atoms with Crippen LogP contribution in [-0.4, -0.2) is 78.9 Å². The molecule has 1 saturated carbocycles. The third-order valence-corrected chi connectivity index (χ3v) is 8.70. The van der Waals surface area contributed by atoms with E-state index in [9.17, 15) is 4.79 Å². The van der Waals surface area contributed by atoms with Crippen molar-refractivity contribution in [2.75, 3.05) is 44.9 Å². The molecule has 1 aliphatic carbocycles. The first kappa shape index (κ1) is 23.8. The number of benzene rings is 1. The molecule has 8 nitrogen and oxygen atoms in total. The molecule has 2 unspecified atom stereocenters. The van der Waals surface area contributed by atoms with Gasteiger partial charge in [-0.15, -0.1) is 0 Å². The van der Waals surface area contributed by atoms with Crippen molar-refractivity contribution in [3.05, 3.63) is 53.0 Å². The van der Waals surface area contributed by atoms with E-state index in [1.165, 1.54) is 24.0 Å². The van der Waals surface area contributed by atoms with Crippen molar-refractivity contribution < 1.29 is 14.3 Å². The largest absolute Gasteiger partial charge is 0.379 e. The summed E-state index contributed by atoms with van der Waals surface area (Å²) in [5, 5.41) is 3.77. The Bertz CT molecular complexity index is 1110. The van der Waals surface area contributed by atoms with E-state index >= 15 is 0 Å². The number of likely N-dealkylation sites (tertiary alicyclic amines) is 1. The van der Waals surface area contributed by atoms with Gasteiger partial charge in [-0.1, -0.05) is 24.3 Å². The van der Waals surface area contributed by atoms with Gasteiger partial charge in [0, 0.05) is 63.0 Å². The summed E-state index contributed by atoms with van der Waals surface area (Å²) in [5.74, 6) is 0.921. The molecule has 3 aliphatic heterocycles. The predicted octanol–water partition coefficient (Wildman–Crippen LogP) is 2.83. The molecule has 36 heavy (non-hydrogen) atoms. The molecule has 6 rings (SSSR count). The molecule has 1 aromatic carbocycles. The van der Waals surface area contributed by atoms with Crippen LogP contribution in [0.3, 0.4) is 0 Å². The number of fused-ring (bicyclic) bond motifs is 2. The highest BCUT2D eigenvalue weighted by molar-refractivity contribution is 5.94. The van der Waals surface area contributed by atoms with Crippen molar-refractivity contribution in [2.45, 2.75) is 69.2 Å². The fourth-order valence-electron chi connectivity index (χ4n) is 6.43. The minimum absolute atomic E-state index is 0.0222. The van der Waals surface area contributed by atoms with Gasteiger partial charge in [0.15, 0.2) is 0 Å². The van der Waals surface area contributed by atoms with Crippen LogP contribution in [0.1, 0.15) is 59.3 Å². The van der Waals surface area contributed by atoms with Crippen LogP contribution in [0.5, 0.6) is 0 Å². The smallest absolute Gasteiger partial charge is 0.272 e. The Morgan fingerprint density at radius 1 is 1.17 bits per heavy atom. The second-order valence-corrected chi connectivity index (χ2v) is 10.9. The third-order valence-electron chi connectivity index (χ3n) is 8.70. The van der Waals surface area contributed by atoms with Crippen LogP contribution in [0.4, 0.5) is 5.82 Å². The summed E-state index contributed by atoms with van der Waals surface area (Å²) in [6.45, 7) is 6.68. The number of piperidine rings is 1. The molecule has 0 radical (unpaired) electrons. The van der Waals surface area contributed by atoms with Gasteiger partial charge in [0.05, 0.1) is 12.7 Å². The Morgan fingerprint density at radius 3 is 2.75 bits per heavy atom. The van der Waals surface area contributed by atoms with E-state index in [2.05, 4.69) is 44.5 Å². The average Bonchev–Trinajstić information content (AvgIpc) is 3.68. The van der Waals surface area contributed by atoms with E-state index in [1.807, 2.05) is 11.8 Å². The lowest BCUT2D eigenvalue weighted by Crippen LogP contribution is -2.54. The summed E-state index contributed by atoms with van der Waals surface area (Å²) in [7, 11) is 1.75. The standard InChI is InChI=1S/C28H37N5O3/c1-19-25(27(34)32-12-7-21(8-13-32)31-23-9-14-36-16-24(23)35-2)29-18-30-26(19)33-15-20-5-3-4-6-22(20)28(17-33)10-11-28/h3-6,18,21,23-24,31H,7-17H2,1-2H3. The van der Waals surface area contributed by atoms with E-state index in [-0.39, 0.29) is 17.4 Å². The third kappa shape index (κ3) is 4.40. The number of carbonyl (C=O) groups excluding carboxylic acids is 1. The van der Waals surface area contributed by atoms with Gasteiger partial charge in [0.1, 0.15) is 17.8 Å². The van der Waals surface area contributed by atoms with Crippen LogP contribution in [0.25, 0.3) is 0 Å². The number of hydrogen-bond acceptors (Lipinski definition) is 7. The summed E-state index contributed by atoms with van der Waals surface area (Å²) in [6.07, 6.45) is 6.93. The number of carbonyl (C=O) groups is 1. The second kappa shape index (κ2) is 9.72. The Kier molecular flexibility index (Phi) is 6.44. The summed E-state index contributed by atoms with van der Waals surface area (Å²) in [4.78, 5) is 27.0. The van der Waals surface area contributed by atoms with Crippen molar-refractivity contribution in [3.8, 4) is 0 Å². The van der Waals surface area contributed by atoms with Crippen molar-refractivity contribution in [2.24, 2.45) is 0 Å². The summed E-state index contributed by atoms with van der Waals surface area (Å²) in [5.41, 5.74) is 4.56. The van der Waals surface area contributed by atoms with Gasteiger partial charge in [0.25, 0.3) is 5.91 Å². The Morgan fingerprint density at radius 2 is 1.97 bits per heavy atom. The lowest BCUT2D eigenvalue weighted by molar-refractivity contribution is -0.0533. The number of aromatic nitrogens is 2. The molecule has 8 heteroatoms. The molecule has 3 fully saturated rings. The molecule has 2 atom stereocenters. The summed E-state index contributed by atoms with van der Waals surface area (Å²) >= 11 is 0. The molecule has 192 valence electrons. The highest BCUT2D eigenvalue weighted by atomic mass is 16.5. The zero-order chi connectivity index (χ0) is 24.7. The molecule has 1 spiro atoms. The van der Waals surface area contributed by atoms with Crippen LogP contribution in [0.2, 0.25) is 0 Å². The quantitative estimate of drug-likeness (QED) is 0.689. The molecule has 1 amide bonds. The molecule has 2 saturated heterocycles. The molecule has 4 aliphatic rings. The first-order valence-electron chi connectivity index (χ1n) is 13.4. The van der Waals surface area contributed by atoms with Crippen LogP contribution >= 0.6 is 0 Å². The Balaban J connectivity index is 1.13. The van der Waals surface area contributed by atoms with E-state index in [4.69, 9.17) is 9.47 Å². The SMILES string of the molecule is COC1COCCC1NC1CCN(C(=O)c2ncnc(N3Cc4ccccc4C4(CC4)C3)c2C)CC1. The maximum atomic E-state index is 13.5. The number of hydrogen-bond donors (Lipinski definition) is 1. The number of nitrogens with zero attached hydrogens (tertiary/aromatic N) is 4. The van der Waals surface area contributed by atoms with Crippen LogP contribution < -0.4 is 10.2 Å². The fourth-order valence-corrected chi connectivity index (χ4v) is 6.43. The monoisotopic (exact) mass is 491 g/mol. The number of methoxy groups -OCH3 is 1. The first-order valence-corrected chi connectivity index (χ1v) is 13.4. The molecular weight excluding hydrogens is 454 g/mol. The topological polar surface area (TPSA) is 79.8 Å². The minimum Gasteiger partial charge on any atom is -0.379 e. The average molecular weight is 492 g/mol. The molecule has 4 heterocycles. The van der Waals surface area contributed by atoms with Crippen molar-refractivity contribution in [1.29, 1.82) is 0 Å². The Hall–Kier alpha value is -2.55. The number of amides is 1. The highest BCUT2D eigenvalue weighted by Gasteiger charge is 2.49. The zero-order valence-corrected chi connectivity index (χ0v) is 21.4. The second-order valence-electron chi connectivity index (χ2n) is 10.9. The van der Waals surface area contributed by atoms with E-state index in [1.54, 1.807) is 13.4 Å². The van der Waals surface area contributed by atoms with Crippen molar-refractivity contribution in [3.63, 3.8) is 0 Å². The van der Waals surface area contributed by atoms with Crippen LogP contribution in [0, 0.1) is 6.92 Å². The number of anilines is 1. The van der Waals surface area contributed by atoms with Gasteiger partial charge in [-0.25, -0.2) is 9.97 Å². The van der Waals surface area contributed by atoms with E-state index in [0.29, 0.717) is 24.4 Å². The molecule has 0 bridgehead atoms. The van der Waals surface area contributed by atoms with Gasteiger partial charge in [-0.3, -0.25) is 4.79 Å². The predicted molar refractivity (Wildman–Crippen MR) is 137 cm³/mol. The van der Waals surface area contributed by atoms with Gasteiger partial charge in [-0.2, -0.15) is 0 Å². The van der Waals surface area contributed by atoms with Gasteiger partial charge >= 0.3 is 0 Å². The number of rotatable bonds is 5. The lowest BCUT2D eigenvalue weighted by atomic mass is 9.87. The maximum absolute atomic E-state index is 13.5. The summed E-state index contributed by atoms with van der Waals surface area (Å²) in [6, 6.07) is 9.50. The minimum atomic E-state index is 0.0222. The highest BCUT2D eigenvalue weighted by Crippen LogP contribution is 2.53.